The Morgan fingerprint density at radius 3 is 2.84 bits per heavy atom. The van der Waals surface area contributed by atoms with E-state index in [2.05, 4.69) is 12.2 Å². The molecule has 1 aromatic carbocycles. The Labute approximate surface area is 112 Å². The highest BCUT2D eigenvalue weighted by atomic mass is 16.7. The summed E-state index contributed by atoms with van der Waals surface area (Å²) in [5, 5.41) is 13.3. The number of ether oxygens (including phenoxy) is 3. The van der Waals surface area contributed by atoms with Crippen LogP contribution in [0.25, 0.3) is 0 Å². The number of fused-ring (bicyclic) bond motifs is 1. The molecule has 0 amide bonds. The SMILES string of the molecule is CC1(CNCc2cc3c(cc2O)OCO3)CCCO1. The molecule has 0 radical (unpaired) electrons. The average Bonchev–Trinajstić information content (AvgIpc) is 2.98. The number of aromatic hydroxyl groups is 1. The van der Waals surface area contributed by atoms with Crippen LogP contribution in [-0.2, 0) is 11.3 Å². The molecule has 2 aliphatic rings. The first kappa shape index (κ1) is 12.6. The molecule has 0 aromatic heterocycles. The third kappa shape index (κ3) is 2.62. The van der Waals surface area contributed by atoms with E-state index in [1.165, 1.54) is 0 Å². The monoisotopic (exact) mass is 265 g/mol. The van der Waals surface area contributed by atoms with Gasteiger partial charge in [0, 0.05) is 31.3 Å². The van der Waals surface area contributed by atoms with Crippen molar-refractivity contribution in [3.63, 3.8) is 0 Å². The molecule has 0 bridgehead atoms. The summed E-state index contributed by atoms with van der Waals surface area (Å²) in [6.07, 6.45) is 2.20. The van der Waals surface area contributed by atoms with E-state index < -0.39 is 0 Å². The zero-order valence-corrected chi connectivity index (χ0v) is 11.1. The van der Waals surface area contributed by atoms with Gasteiger partial charge in [-0.25, -0.2) is 0 Å². The Kier molecular flexibility index (Phi) is 3.24. The van der Waals surface area contributed by atoms with Crippen molar-refractivity contribution in [2.75, 3.05) is 19.9 Å². The summed E-state index contributed by atoms with van der Waals surface area (Å²) < 4.78 is 16.2. The normalized spacial score (nSPS) is 24.9. The third-order valence-corrected chi connectivity index (χ3v) is 3.69. The summed E-state index contributed by atoms with van der Waals surface area (Å²) in [5.74, 6) is 1.53. The van der Waals surface area contributed by atoms with Crippen molar-refractivity contribution in [3.8, 4) is 17.2 Å². The molecule has 2 N–H and O–H groups in total. The molecule has 19 heavy (non-hydrogen) atoms. The van der Waals surface area contributed by atoms with Crippen LogP contribution in [0.2, 0.25) is 0 Å². The molecular weight excluding hydrogens is 246 g/mol. The minimum atomic E-state index is -0.0774. The van der Waals surface area contributed by atoms with Crippen molar-refractivity contribution < 1.29 is 19.3 Å². The minimum Gasteiger partial charge on any atom is -0.507 e. The molecule has 0 aliphatic carbocycles. The maximum atomic E-state index is 9.92. The van der Waals surface area contributed by atoms with E-state index in [9.17, 15) is 5.11 Å². The van der Waals surface area contributed by atoms with Gasteiger partial charge in [-0.2, -0.15) is 0 Å². The number of hydrogen-bond acceptors (Lipinski definition) is 5. The van der Waals surface area contributed by atoms with Gasteiger partial charge in [0.25, 0.3) is 0 Å². The van der Waals surface area contributed by atoms with Crippen molar-refractivity contribution in [1.82, 2.24) is 5.32 Å². The molecule has 1 fully saturated rings. The molecule has 1 aromatic rings. The van der Waals surface area contributed by atoms with E-state index in [1.54, 1.807) is 6.07 Å². The second kappa shape index (κ2) is 4.90. The average molecular weight is 265 g/mol. The Balaban J connectivity index is 1.61. The fraction of sp³-hybridized carbons (Fsp3) is 0.571. The number of nitrogens with one attached hydrogen (secondary N) is 1. The van der Waals surface area contributed by atoms with Crippen LogP contribution in [0.4, 0.5) is 0 Å². The van der Waals surface area contributed by atoms with Crippen molar-refractivity contribution in [2.45, 2.75) is 31.9 Å². The van der Waals surface area contributed by atoms with E-state index >= 15 is 0 Å². The summed E-state index contributed by atoms with van der Waals surface area (Å²) in [4.78, 5) is 0. The number of phenolic OH excluding ortho intramolecular Hbond substituents is 1. The summed E-state index contributed by atoms with van der Waals surface area (Å²) >= 11 is 0. The highest BCUT2D eigenvalue weighted by Crippen LogP contribution is 2.37. The lowest BCUT2D eigenvalue weighted by Gasteiger charge is -2.23. The Morgan fingerprint density at radius 2 is 2.11 bits per heavy atom. The number of rotatable bonds is 4. The molecule has 1 atom stereocenters. The lowest BCUT2D eigenvalue weighted by atomic mass is 10.0. The van der Waals surface area contributed by atoms with Gasteiger partial charge in [-0.05, 0) is 25.8 Å². The fourth-order valence-corrected chi connectivity index (χ4v) is 2.55. The van der Waals surface area contributed by atoms with Gasteiger partial charge in [0.05, 0.1) is 5.60 Å². The smallest absolute Gasteiger partial charge is 0.231 e. The van der Waals surface area contributed by atoms with Crippen molar-refractivity contribution in [1.29, 1.82) is 0 Å². The second-order valence-electron chi connectivity index (χ2n) is 5.34. The van der Waals surface area contributed by atoms with Crippen LogP contribution in [0.3, 0.4) is 0 Å². The molecule has 104 valence electrons. The largest absolute Gasteiger partial charge is 0.507 e. The molecule has 2 heterocycles. The first-order chi connectivity index (χ1) is 9.16. The molecule has 5 heteroatoms. The van der Waals surface area contributed by atoms with Crippen molar-refractivity contribution >= 4 is 0 Å². The molecule has 5 nitrogen and oxygen atoms in total. The number of benzene rings is 1. The van der Waals surface area contributed by atoms with Crippen LogP contribution in [0.1, 0.15) is 25.3 Å². The van der Waals surface area contributed by atoms with Gasteiger partial charge in [-0.15, -0.1) is 0 Å². The standard InChI is InChI=1S/C14H19NO4/c1-14(3-2-4-19-14)8-15-7-10-5-12-13(6-11(10)16)18-9-17-12/h5-6,15-16H,2-4,7-9H2,1H3. The maximum absolute atomic E-state index is 9.92. The van der Waals surface area contributed by atoms with E-state index in [-0.39, 0.29) is 18.1 Å². The topological polar surface area (TPSA) is 60.0 Å². The van der Waals surface area contributed by atoms with Crippen molar-refractivity contribution in [3.05, 3.63) is 17.7 Å². The van der Waals surface area contributed by atoms with Crippen molar-refractivity contribution in [2.24, 2.45) is 0 Å². The lowest BCUT2D eigenvalue weighted by molar-refractivity contribution is 0.0206. The first-order valence-electron chi connectivity index (χ1n) is 6.62. The van der Waals surface area contributed by atoms with E-state index in [0.29, 0.717) is 18.0 Å². The zero-order valence-electron chi connectivity index (χ0n) is 11.1. The van der Waals surface area contributed by atoms with Crippen LogP contribution < -0.4 is 14.8 Å². The Bertz CT molecular complexity index is 469. The summed E-state index contributed by atoms with van der Waals surface area (Å²) in [5.41, 5.74) is 0.734. The van der Waals surface area contributed by atoms with Crippen LogP contribution in [0.15, 0.2) is 12.1 Å². The highest BCUT2D eigenvalue weighted by molar-refractivity contribution is 5.51. The van der Waals surface area contributed by atoms with E-state index in [4.69, 9.17) is 14.2 Å². The molecule has 1 saturated heterocycles. The first-order valence-corrected chi connectivity index (χ1v) is 6.62. The second-order valence-corrected chi connectivity index (χ2v) is 5.34. The van der Waals surface area contributed by atoms with E-state index in [0.717, 1.165) is 31.6 Å². The predicted molar refractivity (Wildman–Crippen MR) is 69.5 cm³/mol. The van der Waals surface area contributed by atoms with Crippen LogP contribution in [-0.4, -0.2) is 30.7 Å². The van der Waals surface area contributed by atoms with Gasteiger partial charge in [0.15, 0.2) is 11.5 Å². The van der Waals surface area contributed by atoms with Gasteiger partial charge in [0.1, 0.15) is 5.75 Å². The van der Waals surface area contributed by atoms with Gasteiger partial charge in [0.2, 0.25) is 6.79 Å². The molecule has 2 aliphatic heterocycles. The predicted octanol–water partition coefficient (Wildman–Crippen LogP) is 1.78. The fourth-order valence-electron chi connectivity index (χ4n) is 2.55. The number of hydrogen-bond donors (Lipinski definition) is 2. The molecule has 3 rings (SSSR count). The summed E-state index contributed by atoms with van der Waals surface area (Å²) in [6, 6.07) is 3.43. The van der Waals surface area contributed by atoms with Gasteiger partial charge < -0.3 is 24.6 Å². The molecule has 1 unspecified atom stereocenters. The van der Waals surface area contributed by atoms with Crippen LogP contribution in [0.5, 0.6) is 17.2 Å². The van der Waals surface area contributed by atoms with Gasteiger partial charge in [-0.3, -0.25) is 0 Å². The van der Waals surface area contributed by atoms with Crippen LogP contribution in [0, 0.1) is 0 Å². The number of phenols is 1. The summed E-state index contributed by atoms with van der Waals surface area (Å²) in [6.45, 7) is 4.54. The van der Waals surface area contributed by atoms with Gasteiger partial charge >= 0.3 is 0 Å². The van der Waals surface area contributed by atoms with E-state index in [1.807, 2.05) is 6.07 Å². The quantitative estimate of drug-likeness (QED) is 0.869. The summed E-state index contributed by atoms with van der Waals surface area (Å²) in [7, 11) is 0. The lowest BCUT2D eigenvalue weighted by Crippen LogP contribution is -2.36. The maximum Gasteiger partial charge on any atom is 0.231 e. The molecule has 0 saturated carbocycles. The highest BCUT2D eigenvalue weighted by Gasteiger charge is 2.29. The Hall–Kier alpha value is -1.46. The molecular formula is C14H19NO4. The van der Waals surface area contributed by atoms with Gasteiger partial charge in [-0.1, -0.05) is 0 Å². The van der Waals surface area contributed by atoms with Crippen LogP contribution >= 0.6 is 0 Å². The Morgan fingerprint density at radius 1 is 1.32 bits per heavy atom. The zero-order chi connectivity index (χ0) is 13.3. The third-order valence-electron chi connectivity index (χ3n) is 3.69. The molecule has 0 spiro atoms. The minimum absolute atomic E-state index is 0.0774.